The summed E-state index contributed by atoms with van der Waals surface area (Å²) >= 11 is 11.1. The number of nitrogens with one attached hydrogen (secondary N) is 1. The fourth-order valence-electron chi connectivity index (χ4n) is 1.92. The van der Waals surface area contributed by atoms with Crippen LogP contribution < -0.4 is 10.9 Å². The second-order valence-electron chi connectivity index (χ2n) is 6.18. The first-order chi connectivity index (χ1) is 14.6. The SMILES string of the molecule is CN(C)C=O.O=C(Cn1ncc(Cl)c(Cl)c1=O)Nc1cc(C(F)(F)F)cc(C(F)(F)F)c1. The molecule has 2 aromatic rings. The Morgan fingerprint density at radius 2 is 1.56 bits per heavy atom. The number of amides is 2. The zero-order valence-corrected chi connectivity index (χ0v) is 17.7. The molecule has 1 aromatic carbocycles. The molecular formula is C17H14Cl2F6N4O3. The first-order valence-corrected chi connectivity index (χ1v) is 8.94. The largest absolute Gasteiger partial charge is 0.416 e. The van der Waals surface area contributed by atoms with Crippen LogP contribution in [0.4, 0.5) is 32.0 Å². The first-order valence-electron chi connectivity index (χ1n) is 8.18. The van der Waals surface area contributed by atoms with Gasteiger partial charge in [0.15, 0.2) is 0 Å². The van der Waals surface area contributed by atoms with E-state index in [0.717, 1.165) is 12.6 Å². The van der Waals surface area contributed by atoms with Gasteiger partial charge >= 0.3 is 12.4 Å². The predicted octanol–water partition coefficient (Wildman–Crippen LogP) is 3.93. The topological polar surface area (TPSA) is 84.3 Å². The van der Waals surface area contributed by atoms with Crippen molar-refractivity contribution in [3.05, 3.63) is 55.9 Å². The molecule has 0 bridgehead atoms. The minimum absolute atomic E-state index is 0.0827. The number of aromatic nitrogens is 2. The van der Waals surface area contributed by atoms with Crippen molar-refractivity contribution in [3.63, 3.8) is 0 Å². The maximum atomic E-state index is 12.8. The number of hydrogen-bond donors (Lipinski definition) is 1. The van der Waals surface area contributed by atoms with E-state index >= 15 is 0 Å². The van der Waals surface area contributed by atoms with Crippen molar-refractivity contribution < 1.29 is 35.9 Å². The van der Waals surface area contributed by atoms with Crippen LogP contribution in [0.25, 0.3) is 0 Å². The van der Waals surface area contributed by atoms with Crippen LogP contribution in [0.15, 0.2) is 29.2 Å². The number of hydrogen-bond acceptors (Lipinski definition) is 4. The summed E-state index contributed by atoms with van der Waals surface area (Å²) in [6.07, 6.45) is -8.43. The average Bonchev–Trinajstić information content (AvgIpc) is 2.67. The van der Waals surface area contributed by atoms with Gasteiger partial charge in [0.1, 0.15) is 11.6 Å². The number of carbonyl (C=O) groups excluding carboxylic acids is 2. The average molecular weight is 507 g/mol. The third kappa shape index (κ3) is 8.04. The smallest absolute Gasteiger partial charge is 0.351 e. The Balaban J connectivity index is 0.000000920. The van der Waals surface area contributed by atoms with Gasteiger partial charge in [-0.15, -0.1) is 0 Å². The lowest BCUT2D eigenvalue weighted by Crippen LogP contribution is -2.30. The molecule has 1 N–H and O–H groups in total. The molecule has 2 amide bonds. The highest BCUT2D eigenvalue weighted by molar-refractivity contribution is 6.41. The third-order valence-electron chi connectivity index (χ3n) is 3.32. The summed E-state index contributed by atoms with van der Waals surface area (Å²) in [6.45, 7) is -0.812. The number of rotatable bonds is 4. The van der Waals surface area contributed by atoms with Crippen molar-refractivity contribution in [2.45, 2.75) is 18.9 Å². The van der Waals surface area contributed by atoms with Crippen molar-refractivity contribution in [2.75, 3.05) is 19.4 Å². The highest BCUT2D eigenvalue weighted by Crippen LogP contribution is 2.37. The molecule has 0 aliphatic heterocycles. The van der Waals surface area contributed by atoms with Gasteiger partial charge in [-0.3, -0.25) is 14.4 Å². The Kier molecular flexibility index (Phi) is 9.09. The zero-order chi connectivity index (χ0) is 24.9. The second kappa shape index (κ2) is 10.7. The van der Waals surface area contributed by atoms with Gasteiger partial charge in [-0.25, -0.2) is 4.68 Å². The van der Waals surface area contributed by atoms with Crippen molar-refractivity contribution in [1.82, 2.24) is 14.7 Å². The minimum Gasteiger partial charge on any atom is -0.351 e. The lowest BCUT2D eigenvalue weighted by Gasteiger charge is -2.15. The van der Waals surface area contributed by atoms with E-state index in [1.165, 1.54) is 4.90 Å². The van der Waals surface area contributed by atoms with Gasteiger partial charge in [0.2, 0.25) is 12.3 Å². The fraction of sp³-hybridized carbons (Fsp3) is 0.294. The van der Waals surface area contributed by atoms with Gasteiger partial charge in [0.25, 0.3) is 5.56 Å². The summed E-state index contributed by atoms with van der Waals surface area (Å²) < 4.78 is 77.3. The monoisotopic (exact) mass is 506 g/mol. The van der Waals surface area contributed by atoms with E-state index in [0.29, 0.717) is 16.8 Å². The van der Waals surface area contributed by atoms with Gasteiger partial charge < -0.3 is 10.2 Å². The number of halogens is 8. The molecule has 2 rings (SSSR count). The van der Waals surface area contributed by atoms with E-state index in [-0.39, 0.29) is 11.1 Å². The zero-order valence-electron chi connectivity index (χ0n) is 16.2. The van der Waals surface area contributed by atoms with Gasteiger partial charge in [-0.1, -0.05) is 23.2 Å². The molecule has 0 aliphatic rings. The first kappa shape index (κ1) is 27.2. The van der Waals surface area contributed by atoms with Crippen LogP contribution in [-0.4, -0.2) is 41.1 Å². The molecule has 0 unspecified atom stereocenters. The molecule has 32 heavy (non-hydrogen) atoms. The van der Waals surface area contributed by atoms with Gasteiger partial charge in [-0.05, 0) is 18.2 Å². The van der Waals surface area contributed by atoms with E-state index in [1.54, 1.807) is 14.1 Å². The fourth-order valence-corrected chi connectivity index (χ4v) is 2.19. The van der Waals surface area contributed by atoms with E-state index in [9.17, 15) is 40.7 Å². The lowest BCUT2D eigenvalue weighted by atomic mass is 10.1. The number of benzene rings is 1. The third-order valence-corrected chi connectivity index (χ3v) is 4.07. The number of nitrogens with zero attached hydrogens (tertiary/aromatic N) is 3. The van der Waals surface area contributed by atoms with Crippen molar-refractivity contribution in [3.8, 4) is 0 Å². The van der Waals surface area contributed by atoms with Crippen molar-refractivity contribution in [1.29, 1.82) is 0 Å². The molecule has 0 saturated carbocycles. The molecular weight excluding hydrogens is 493 g/mol. The summed E-state index contributed by atoms with van der Waals surface area (Å²) in [4.78, 5) is 34.5. The summed E-state index contributed by atoms with van der Waals surface area (Å²) in [6, 6.07) is 0.580. The van der Waals surface area contributed by atoms with Crippen LogP contribution in [0, 0.1) is 0 Å². The number of alkyl halides is 6. The Bertz CT molecular complexity index is 1010. The Hall–Kier alpha value is -2.80. The summed E-state index contributed by atoms with van der Waals surface area (Å²) in [5.74, 6) is -1.10. The number of carbonyl (C=O) groups is 2. The summed E-state index contributed by atoms with van der Waals surface area (Å²) in [7, 11) is 3.38. The van der Waals surface area contributed by atoms with Crippen LogP contribution in [0.5, 0.6) is 0 Å². The van der Waals surface area contributed by atoms with E-state index in [4.69, 9.17) is 23.2 Å². The highest BCUT2D eigenvalue weighted by atomic mass is 35.5. The predicted molar refractivity (Wildman–Crippen MR) is 103 cm³/mol. The Labute approximate surface area is 186 Å². The van der Waals surface area contributed by atoms with Gasteiger partial charge in [0, 0.05) is 19.8 Å². The molecule has 0 saturated heterocycles. The van der Waals surface area contributed by atoms with E-state index in [2.05, 4.69) is 5.10 Å². The molecule has 0 aliphatic carbocycles. The summed E-state index contributed by atoms with van der Waals surface area (Å²) in [5, 5.41) is 4.73. The molecule has 0 atom stereocenters. The van der Waals surface area contributed by atoms with Crippen LogP contribution in [-0.2, 0) is 28.5 Å². The molecule has 7 nitrogen and oxygen atoms in total. The lowest BCUT2D eigenvalue weighted by molar-refractivity contribution is -0.143. The quantitative estimate of drug-likeness (QED) is 0.503. The normalized spacial score (nSPS) is 11.3. The Morgan fingerprint density at radius 3 is 1.97 bits per heavy atom. The van der Waals surface area contributed by atoms with E-state index in [1.807, 2.05) is 5.32 Å². The molecule has 1 aromatic heterocycles. The molecule has 0 spiro atoms. The van der Waals surface area contributed by atoms with Crippen LogP contribution in [0.1, 0.15) is 11.1 Å². The van der Waals surface area contributed by atoms with Crippen LogP contribution in [0.3, 0.4) is 0 Å². The molecule has 0 fully saturated rings. The standard InChI is InChI=1S/C14H7Cl2F6N3O2.C3H7NO/c15-9-4-23-25(12(27)11(9)16)5-10(26)24-8-2-6(13(17,18)19)1-7(3-8)14(20,21)22;1-4(2)3-5/h1-4H,5H2,(H,24,26);3H,1-2H3. The Morgan fingerprint density at radius 1 is 1.09 bits per heavy atom. The van der Waals surface area contributed by atoms with Gasteiger partial charge in [-0.2, -0.15) is 31.4 Å². The van der Waals surface area contributed by atoms with Crippen molar-refractivity contribution >= 4 is 41.2 Å². The summed E-state index contributed by atoms with van der Waals surface area (Å²) in [5.41, 5.74) is -4.91. The maximum absolute atomic E-state index is 12.8. The second-order valence-corrected chi connectivity index (χ2v) is 6.97. The van der Waals surface area contributed by atoms with Gasteiger partial charge in [0.05, 0.1) is 22.3 Å². The molecule has 176 valence electrons. The molecule has 0 radical (unpaired) electrons. The minimum atomic E-state index is -5.07. The van der Waals surface area contributed by atoms with Crippen molar-refractivity contribution in [2.24, 2.45) is 0 Å². The molecule has 15 heteroatoms. The molecule has 1 heterocycles. The highest BCUT2D eigenvalue weighted by Gasteiger charge is 2.37. The van der Waals surface area contributed by atoms with Crippen LogP contribution in [0.2, 0.25) is 10.0 Å². The number of anilines is 1. The van der Waals surface area contributed by atoms with E-state index < -0.39 is 52.2 Å². The van der Waals surface area contributed by atoms with Crippen LogP contribution >= 0.6 is 23.2 Å². The maximum Gasteiger partial charge on any atom is 0.416 e.